The fourth-order valence-electron chi connectivity index (χ4n) is 8.06. The van der Waals surface area contributed by atoms with E-state index in [0.29, 0.717) is 11.4 Å². The van der Waals surface area contributed by atoms with Gasteiger partial charge < -0.3 is 19.3 Å². The van der Waals surface area contributed by atoms with Crippen LogP contribution < -0.4 is 0 Å². The lowest BCUT2D eigenvalue weighted by Crippen LogP contribution is -2.59. The average molecular weight is 671 g/mol. The third-order valence-corrected chi connectivity index (χ3v) is 9.94. The fraction of sp³-hybridized carbons (Fsp3) is 0.658. The molecule has 266 valence electrons. The van der Waals surface area contributed by atoms with Gasteiger partial charge in [-0.05, 0) is 56.6 Å². The second-order valence-electron chi connectivity index (χ2n) is 15.2. The number of alkyl halides is 1. The smallest absolute Gasteiger partial charge is 0.351 e. The summed E-state index contributed by atoms with van der Waals surface area (Å²) in [4.78, 5) is 49.3. The molecule has 0 unspecified atom stereocenters. The molecule has 0 spiro atoms. The number of benzene rings is 1. The van der Waals surface area contributed by atoms with Crippen LogP contribution in [0, 0.1) is 29.1 Å². The first-order valence-corrected chi connectivity index (χ1v) is 16.9. The Morgan fingerprint density at radius 1 is 1.06 bits per heavy atom. The van der Waals surface area contributed by atoms with Gasteiger partial charge in [0.25, 0.3) is 5.67 Å². The second-order valence-corrected chi connectivity index (χ2v) is 15.2. The summed E-state index contributed by atoms with van der Waals surface area (Å²) < 4.78 is 35.5. The van der Waals surface area contributed by atoms with E-state index < -0.39 is 75.8 Å². The molecule has 2 aliphatic heterocycles. The van der Waals surface area contributed by atoms with Gasteiger partial charge in [-0.3, -0.25) is 14.6 Å². The minimum absolute atomic E-state index is 0.00218. The number of carbonyl (C=O) groups is 3. The number of hydrogen-bond donors (Lipinski definition) is 1. The molecule has 1 amide bonds. The first-order valence-electron chi connectivity index (χ1n) is 16.9. The van der Waals surface area contributed by atoms with E-state index in [1.807, 2.05) is 78.0 Å². The highest BCUT2D eigenvalue weighted by molar-refractivity contribution is 6.07. The molecule has 9 atom stereocenters. The molecule has 48 heavy (non-hydrogen) atoms. The van der Waals surface area contributed by atoms with Crippen LogP contribution in [-0.4, -0.2) is 76.5 Å². The van der Waals surface area contributed by atoms with Crippen LogP contribution >= 0.6 is 0 Å². The van der Waals surface area contributed by atoms with Crippen molar-refractivity contribution in [2.75, 3.05) is 13.2 Å². The van der Waals surface area contributed by atoms with Crippen LogP contribution in [0.1, 0.15) is 94.6 Å². The molecule has 10 heteroatoms. The first-order chi connectivity index (χ1) is 22.2. The topological polar surface area (TPSA) is 124 Å². The minimum atomic E-state index is -3.00. The number of ketones is 1. The van der Waals surface area contributed by atoms with Crippen molar-refractivity contribution in [3.05, 3.63) is 42.1 Å². The second kappa shape index (κ2) is 15.2. The standard InChI is InChI=1S/C38H55FN2O7/c1-12-29-38(11,45)33-24(3)30(41-26(5)42)23(2)20-36(9,31(35(6,7)8)25(4)32(43)37(10,39)34(44)48-29)47-22-28(21-46-33)40-19-18-27-16-14-13-15-17-27/h13-19,23-25,29,31,33,45H,12,20-22H2,1-11H3/b19-18+,40-28?,41-30?/t23-,24+,25-,29-,31+,33-,36-,37+,38-/m1/s1. The zero-order valence-corrected chi connectivity index (χ0v) is 30.5. The van der Waals surface area contributed by atoms with E-state index in [2.05, 4.69) is 4.99 Å². The van der Waals surface area contributed by atoms with Crippen molar-refractivity contribution in [3.8, 4) is 0 Å². The van der Waals surface area contributed by atoms with Gasteiger partial charge >= 0.3 is 5.97 Å². The number of cyclic esters (lactones) is 1. The molecule has 2 aliphatic rings. The number of Topliss-reactive ketones (excluding diaryl/α,β-unsaturated/α-hetero) is 1. The molecular formula is C38H55FN2O7. The third-order valence-electron chi connectivity index (χ3n) is 9.94. The fourth-order valence-corrected chi connectivity index (χ4v) is 8.06. The molecule has 0 saturated carbocycles. The normalized spacial score (nSPS) is 37.9. The van der Waals surface area contributed by atoms with Gasteiger partial charge in [-0.2, -0.15) is 0 Å². The van der Waals surface area contributed by atoms with Crippen molar-refractivity contribution in [2.45, 2.75) is 118 Å². The van der Waals surface area contributed by atoms with Crippen molar-refractivity contribution < 1.29 is 38.1 Å². The van der Waals surface area contributed by atoms with Gasteiger partial charge in [-0.15, -0.1) is 0 Å². The highest BCUT2D eigenvalue weighted by atomic mass is 19.1. The van der Waals surface area contributed by atoms with Crippen LogP contribution in [0.15, 0.2) is 46.5 Å². The van der Waals surface area contributed by atoms with Gasteiger partial charge in [0.1, 0.15) is 11.7 Å². The summed E-state index contributed by atoms with van der Waals surface area (Å²) in [7, 11) is 0. The van der Waals surface area contributed by atoms with E-state index in [-0.39, 0.29) is 26.1 Å². The zero-order valence-electron chi connectivity index (χ0n) is 30.5. The summed E-state index contributed by atoms with van der Waals surface area (Å²) in [5, 5.41) is 12.2. The summed E-state index contributed by atoms with van der Waals surface area (Å²) in [6.07, 6.45) is 1.52. The van der Waals surface area contributed by atoms with Gasteiger partial charge in [-0.25, -0.2) is 14.2 Å². The Labute approximate surface area is 285 Å². The van der Waals surface area contributed by atoms with E-state index in [1.54, 1.807) is 20.0 Å². The zero-order chi connectivity index (χ0) is 36.2. The third kappa shape index (κ3) is 8.74. The Kier molecular flexibility index (Phi) is 12.5. The van der Waals surface area contributed by atoms with Crippen LogP contribution in [-0.2, 0) is 28.6 Å². The molecule has 9 nitrogen and oxygen atoms in total. The van der Waals surface area contributed by atoms with Crippen molar-refractivity contribution in [2.24, 2.45) is 39.1 Å². The SMILES string of the molecule is CC[C@H]1OC(=O)[C@@](C)(F)C(=O)[C@H](C)[C@@H](C(C)(C)C)[C@@]2(C)C[C@@H](C)C(=NC(C)=O)[C@H](C)[C@@H](OCC(=N/C=C/c3ccccc3)CO2)[C@]1(C)O. The largest absolute Gasteiger partial charge is 0.457 e. The van der Waals surface area contributed by atoms with Gasteiger partial charge in [0.2, 0.25) is 5.91 Å². The Bertz CT molecular complexity index is 1410. The lowest BCUT2D eigenvalue weighted by Gasteiger charge is -2.49. The molecule has 0 aromatic heterocycles. The first kappa shape index (κ1) is 39.4. The number of amides is 1. The number of aliphatic hydroxyl groups is 1. The van der Waals surface area contributed by atoms with E-state index >= 15 is 4.39 Å². The maximum absolute atomic E-state index is 16.5. The van der Waals surface area contributed by atoms with Crippen molar-refractivity contribution in [3.63, 3.8) is 0 Å². The summed E-state index contributed by atoms with van der Waals surface area (Å²) >= 11 is 0. The van der Waals surface area contributed by atoms with E-state index in [0.717, 1.165) is 12.5 Å². The molecule has 2 fully saturated rings. The summed E-state index contributed by atoms with van der Waals surface area (Å²) in [6.45, 7) is 18.5. The van der Waals surface area contributed by atoms with Crippen molar-refractivity contribution >= 4 is 35.2 Å². The maximum atomic E-state index is 16.5. The van der Waals surface area contributed by atoms with Crippen LogP contribution in [0.4, 0.5) is 4.39 Å². The van der Waals surface area contributed by atoms with Crippen molar-refractivity contribution in [1.29, 1.82) is 0 Å². The molecule has 2 heterocycles. The number of esters is 1. The van der Waals surface area contributed by atoms with E-state index in [9.17, 15) is 19.5 Å². The number of aliphatic imine (C=N–C) groups is 2. The quantitative estimate of drug-likeness (QED) is 0.284. The monoisotopic (exact) mass is 670 g/mol. The molecule has 0 radical (unpaired) electrons. The number of nitrogens with zero attached hydrogens (tertiary/aromatic N) is 2. The maximum Gasteiger partial charge on any atom is 0.351 e. The highest BCUT2D eigenvalue weighted by Gasteiger charge is 2.56. The predicted octanol–water partition coefficient (Wildman–Crippen LogP) is 6.60. The van der Waals surface area contributed by atoms with Crippen LogP contribution in [0.5, 0.6) is 0 Å². The van der Waals surface area contributed by atoms with Crippen LogP contribution in [0.2, 0.25) is 0 Å². The summed E-state index contributed by atoms with van der Waals surface area (Å²) in [5.74, 6) is -5.43. The Morgan fingerprint density at radius 3 is 2.25 bits per heavy atom. The lowest BCUT2D eigenvalue weighted by molar-refractivity contribution is -0.198. The molecule has 1 N–H and O–H groups in total. The number of hydrogen-bond acceptors (Lipinski definition) is 8. The number of halogens is 1. The number of fused-ring (bicyclic) bond motifs is 5. The number of carbonyl (C=O) groups excluding carboxylic acids is 3. The molecule has 2 bridgehead atoms. The Morgan fingerprint density at radius 2 is 1.69 bits per heavy atom. The Balaban J connectivity index is 2.38. The number of rotatable bonds is 3. The van der Waals surface area contributed by atoms with Crippen LogP contribution in [0.25, 0.3) is 6.08 Å². The highest BCUT2D eigenvalue weighted by Crippen LogP contribution is 2.48. The lowest BCUT2D eigenvalue weighted by atomic mass is 9.60. The minimum Gasteiger partial charge on any atom is -0.457 e. The summed E-state index contributed by atoms with van der Waals surface area (Å²) in [6, 6.07) is 9.67. The van der Waals surface area contributed by atoms with Gasteiger partial charge in [0, 0.05) is 36.6 Å². The molecule has 3 rings (SSSR count). The molecule has 1 aromatic rings. The van der Waals surface area contributed by atoms with Crippen molar-refractivity contribution in [1.82, 2.24) is 0 Å². The predicted molar refractivity (Wildman–Crippen MR) is 185 cm³/mol. The van der Waals surface area contributed by atoms with Gasteiger partial charge in [0.15, 0.2) is 5.78 Å². The molecule has 2 saturated heterocycles. The van der Waals surface area contributed by atoms with Gasteiger partial charge in [-0.1, -0.05) is 78.8 Å². The Hall–Kier alpha value is -3.08. The molecule has 1 aromatic carbocycles. The average Bonchev–Trinajstić information content (AvgIpc) is 3.00. The number of ether oxygens (including phenoxy) is 3. The van der Waals surface area contributed by atoms with Crippen LogP contribution in [0.3, 0.4) is 0 Å². The van der Waals surface area contributed by atoms with Gasteiger partial charge in [0.05, 0.1) is 30.6 Å². The molecular weight excluding hydrogens is 615 g/mol. The molecule has 0 aliphatic carbocycles. The van der Waals surface area contributed by atoms with E-state index in [4.69, 9.17) is 19.2 Å². The summed E-state index contributed by atoms with van der Waals surface area (Å²) in [5.41, 5.74) is -4.72. The van der Waals surface area contributed by atoms with E-state index in [1.165, 1.54) is 13.8 Å².